The van der Waals surface area contributed by atoms with Gasteiger partial charge in [-0.25, -0.2) is 4.98 Å². The van der Waals surface area contributed by atoms with E-state index in [1.54, 1.807) is 18.7 Å². The first-order valence-corrected chi connectivity index (χ1v) is 8.27. The van der Waals surface area contributed by atoms with Crippen LogP contribution < -0.4 is 5.32 Å². The number of hydrogen-bond donors (Lipinski definition) is 1. The Bertz CT molecular complexity index is 829. The number of carbonyl (C=O) groups excluding carboxylic acids is 1. The molecule has 1 amide bonds. The van der Waals surface area contributed by atoms with E-state index in [0.717, 1.165) is 21.3 Å². The summed E-state index contributed by atoms with van der Waals surface area (Å²) in [5.41, 5.74) is 5.58. The van der Waals surface area contributed by atoms with E-state index in [9.17, 15) is 4.79 Å². The zero-order valence-corrected chi connectivity index (χ0v) is 13.9. The van der Waals surface area contributed by atoms with Crippen molar-refractivity contribution in [1.29, 1.82) is 0 Å². The molecule has 4 nitrogen and oxygen atoms in total. The Hall–Kier alpha value is -2.24. The van der Waals surface area contributed by atoms with Gasteiger partial charge >= 0.3 is 0 Å². The summed E-state index contributed by atoms with van der Waals surface area (Å²) in [5.74, 6) is -0.101. The van der Waals surface area contributed by atoms with Crippen LogP contribution in [-0.4, -0.2) is 24.5 Å². The van der Waals surface area contributed by atoms with Crippen molar-refractivity contribution < 1.29 is 9.53 Å². The first-order chi connectivity index (χ1) is 11.2. The molecule has 0 aliphatic heterocycles. The number of aryl methyl sites for hydroxylation is 1. The number of fused-ring (bicyclic) bond motifs is 1. The van der Waals surface area contributed by atoms with Gasteiger partial charge in [-0.05, 0) is 36.2 Å². The molecule has 118 valence electrons. The van der Waals surface area contributed by atoms with E-state index in [1.165, 1.54) is 11.3 Å². The number of methoxy groups -OCH3 is 1. The predicted molar refractivity (Wildman–Crippen MR) is 92.9 cm³/mol. The summed E-state index contributed by atoms with van der Waals surface area (Å²) < 4.78 is 6.55. The molecule has 0 aliphatic carbocycles. The first kappa shape index (κ1) is 15.6. The van der Waals surface area contributed by atoms with Crippen molar-refractivity contribution in [2.45, 2.75) is 13.0 Å². The molecule has 1 atom stereocenters. The molecule has 1 heterocycles. The Kier molecular flexibility index (Phi) is 4.69. The molecule has 3 rings (SSSR count). The number of hydrogen-bond acceptors (Lipinski definition) is 4. The van der Waals surface area contributed by atoms with E-state index in [4.69, 9.17) is 4.74 Å². The average molecular weight is 326 g/mol. The van der Waals surface area contributed by atoms with Crippen LogP contribution in [0.5, 0.6) is 0 Å². The fourth-order valence-electron chi connectivity index (χ4n) is 2.55. The number of rotatable bonds is 5. The maximum atomic E-state index is 12.4. The number of ether oxygens (including phenoxy) is 1. The van der Waals surface area contributed by atoms with E-state index in [2.05, 4.69) is 10.3 Å². The fourth-order valence-corrected chi connectivity index (χ4v) is 3.27. The van der Waals surface area contributed by atoms with Gasteiger partial charge in [-0.1, -0.05) is 24.3 Å². The number of nitrogens with zero attached hydrogens (tertiary/aromatic N) is 1. The maximum absolute atomic E-state index is 12.4. The van der Waals surface area contributed by atoms with Gasteiger partial charge in [0.25, 0.3) is 5.91 Å². The van der Waals surface area contributed by atoms with Crippen molar-refractivity contribution >= 4 is 27.5 Å². The van der Waals surface area contributed by atoms with Crippen molar-refractivity contribution in [1.82, 2.24) is 10.3 Å². The fraction of sp³-hybridized carbons (Fsp3) is 0.222. The quantitative estimate of drug-likeness (QED) is 0.777. The minimum Gasteiger partial charge on any atom is -0.375 e. The largest absolute Gasteiger partial charge is 0.375 e. The first-order valence-electron chi connectivity index (χ1n) is 7.39. The molecule has 3 aromatic rings. The van der Waals surface area contributed by atoms with E-state index < -0.39 is 0 Å². The van der Waals surface area contributed by atoms with Gasteiger partial charge in [-0.3, -0.25) is 4.79 Å². The lowest BCUT2D eigenvalue weighted by Gasteiger charge is -2.18. The van der Waals surface area contributed by atoms with E-state index in [1.807, 2.05) is 43.3 Å². The highest BCUT2D eigenvalue weighted by atomic mass is 32.1. The Balaban J connectivity index is 1.71. The number of carbonyl (C=O) groups is 1. The van der Waals surface area contributed by atoms with Crippen LogP contribution in [0.2, 0.25) is 0 Å². The third kappa shape index (κ3) is 3.41. The van der Waals surface area contributed by atoms with Crippen molar-refractivity contribution in [2.24, 2.45) is 0 Å². The van der Waals surface area contributed by atoms with E-state index in [-0.39, 0.29) is 12.0 Å². The predicted octanol–water partition coefficient (Wildman–Crippen LogP) is 3.72. The van der Waals surface area contributed by atoms with Crippen LogP contribution in [0.1, 0.15) is 27.6 Å². The summed E-state index contributed by atoms with van der Waals surface area (Å²) >= 11 is 1.53. The van der Waals surface area contributed by atoms with Gasteiger partial charge in [-0.15, -0.1) is 11.3 Å². The molecule has 0 saturated carbocycles. The van der Waals surface area contributed by atoms with Gasteiger partial charge in [0.2, 0.25) is 0 Å². The van der Waals surface area contributed by atoms with E-state index in [0.29, 0.717) is 12.1 Å². The number of benzene rings is 2. The molecule has 0 fully saturated rings. The Morgan fingerprint density at radius 1 is 1.30 bits per heavy atom. The van der Waals surface area contributed by atoms with Crippen LogP contribution in [0.15, 0.2) is 48.0 Å². The second-order valence-electron chi connectivity index (χ2n) is 5.33. The van der Waals surface area contributed by atoms with Crippen LogP contribution in [0.25, 0.3) is 10.2 Å². The highest BCUT2D eigenvalue weighted by Gasteiger charge is 2.15. The molecule has 2 aromatic carbocycles. The van der Waals surface area contributed by atoms with Crippen LogP contribution in [-0.2, 0) is 4.74 Å². The number of amides is 1. The van der Waals surface area contributed by atoms with Crippen LogP contribution in [0.4, 0.5) is 0 Å². The topological polar surface area (TPSA) is 51.2 Å². The molecule has 23 heavy (non-hydrogen) atoms. The molecular weight excluding hydrogens is 308 g/mol. The van der Waals surface area contributed by atoms with E-state index >= 15 is 0 Å². The zero-order chi connectivity index (χ0) is 16.2. The van der Waals surface area contributed by atoms with Crippen molar-refractivity contribution in [3.63, 3.8) is 0 Å². The van der Waals surface area contributed by atoms with Gasteiger partial charge in [0.05, 0.1) is 21.8 Å². The summed E-state index contributed by atoms with van der Waals surface area (Å²) in [6.45, 7) is 2.47. The normalized spacial score (nSPS) is 12.3. The SMILES string of the molecule is COC(CNC(=O)c1ccc2ncsc2c1)c1ccccc1C. The van der Waals surface area contributed by atoms with Crippen LogP contribution in [0, 0.1) is 6.92 Å². The second-order valence-corrected chi connectivity index (χ2v) is 6.21. The summed E-state index contributed by atoms with van der Waals surface area (Å²) in [5, 5.41) is 2.95. The molecule has 1 unspecified atom stereocenters. The number of nitrogens with one attached hydrogen (secondary N) is 1. The highest BCUT2D eigenvalue weighted by Crippen LogP contribution is 2.21. The van der Waals surface area contributed by atoms with Gasteiger partial charge in [-0.2, -0.15) is 0 Å². The van der Waals surface area contributed by atoms with Gasteiger partial charge in [0, 0.05) is 19.2 Å². The Morgan fingerprint density at radius 2 is 2.13 bits per heavy atom. The van der Waals surface area contributed by atoms with Gasteiger partial charge in [0.1, 0.15) is 0 Å². The lowest BCUT2D eigenvalue weighted by molar-refractivity contribution is 0.0826. The molecule has 1 N–H and O–H groups in total. The molecule has 0 bridgehead atoms. The maximum Gasteiger partial charge on any atom is 0.251 e. The molecule has 1 aromatic heterocycles. The van der Waals surface area contributed by atoms with Crippen molar-refractivity contribution in [3.8, 4) is 0 Å². The summed E-state index contributed by atoms with van der Waals surface area (Å²) in [7, 11) is 1.66. The molecule has 0 radical (unpaired) electrons. The lowest BCUT2D eigenvalue weighted by atomic mass is 10.0. The van der Waals surface area contributed by atoms with Gasteiger partial charge in [0.15, 0.2) is 0 Å². The summed E-state index contributed by atoms with van der Waals surface area (Å²) in [4.78, 5) is 16.6. The standard InChI is InChI=1S/C18H18N2O2S/c1-12-5-3-4-6-14(12)16(22-2)10-19-18(21)13-7-8-15-17(9-13)23-11-20-15/h3-9,11,16H,10H2,1-2H3,(H,19,21). The molecule has 0 spiro atoms. The smallest absolute Gasteiger partial charge is 0.251 e. The monoisotopic (exact) mass is 326 g/mol. The Labute approximate surface area is 139 Å². The number of aromatic nitrogens is 1. The van der Waals surface area contributed by atoms with Crippen molar-refractivity contribution in [2.75, 3.05) is 13.7 Å². The minimum atomic E-state index is -0.160. The average Bonchev–Trinajstić information content (AvgIpc) is 3.04. The Morgan fingerprint density at radius 3 is 2.91 bits per heavy atom. The van der Waals surface area contributed by atoms with Gasteiger partial charge < -0.3 is 10.1 Å². The zero-order valence-electron chi connectivity index (χ0n) is 13.1. The molecule has 0 saturated heterocycles. The number of thiazole rings is 1. The summed E-state index contributed by atoms with van der Waals surface area (Å²) in [6, 6.07) is 13.6. The molecular formula is C18H18N2O2S. The van der Waals surface area contributed by atoms with Crippen LogP contribution >= 0.6 is 11.3 Å². The highest BCUT2D eigenvalue weighted by molar-refractivity contribution is 7.16. The minimum absolute atomic E-state index is 0.101. The summed E-state index contributed by atoms with van der Waals surface area (Å²) in [6.07, 6.45) is -0.160. The third-order valence-electron chi connectivity index (χ3n) is 3.86. The molecule has 5 heteroatoms. The molecule has 0 aliphatic rings. The second kappa shape index (κ2) is 6.89. The van der Waals surface area contributed by atoms with Crippen LogP contribution in [0.3, 0.4) is 0 Å². The third-order valence-corrected chi connectivity index (χ3v) is 4.65. The van der Waals surface area contributed by atoms with Crippen molar-refractivity contribution in [3.05, 3.63) is 64.7 Å². The lowest BCUT2D eigenvalue weighted by Crippen LogP contribution is -2.29.